The van der Waals surface area contributed by atoms with Crippen molar-refractivity contribution in [2.75, 3.05) is 14.2 Å². The molecule has 13 nitrogen and oxygen atoms in total. The number of aromatic hydroxyl groups is 1. The number of Topliss-reactive ketones (excluding diaryl/α,β-unsaturated/α-hetero) is 1. The Bertz CT molecular complexity index is 2360. The van der Waals surface area contributed by atoms with Crippen molar-refractivity contribution < 1.29 is 24.2 Å². The van der Waals surface area contributed by atoms with Crippen LogP contribution in [0.25, 0.3) is 11.0 Å². The van der Waals surface area contributed by atoms with Gasteiger partial charge in [-0.05, 0) is 48.8 Å². The van der Waals surface area contributed by atoms with E-state index in [4.69, 9.17) is 9.47 Å². The number of carbonyl (C=O) groups is 2. The molecule has 3 heterocycles. The molecule has 49 heavy (non-hydrogen) atoms. The maximum absolute atomic E-state index is 14.2. The summed E-state index contributed by atoms with van der Waals surface area (Å²) in [6, 6.07) is 7.52. The predicted molar refractivity (Wildman–Crippen MR) is 182 cm³/mol. The van der Waals surface area contributed by atoms with E-state index in [0.29, 0.717) is 43.7 Å². The summed E-state index contributed by atoms with van der Waals surface area (Å²) in [5.74, 6) is -1.17. The average molecular weight is 733 g/mol. The molecule has 0 bridgehead atoms. The van der Waals surface area contributed by atoms with Gasteiger partial charge in [0.15, 0.2) is 23.1 Å². The monoisotopic (exact) mass is 731 g/mol. The SMILES string of the molecule is COc1cc2nc(CCn3c(=O)n4n(c3=O)[C@@H]3C[C@H]5C(=O)C=C(C)C(=O)[C@@]5(C)[C@@H](c5cc(Br)ccc5O)C3=CC4)c(=O)n(C)c2cc1OC. The first-order valence-electron chi connectivity index (χ1n) is 15.8. The molecule has 1 fully saturated rings. The van der Waals surface area contributed by atoms with Crippen molar-refractivity contribution >= 4 is 38.5 Å². The fraction of sp³-hybridized carbons (Fsp3) is 0.371. The van der Waals surface area contributed by atoms with E-state index in [-0.39, 0.29) is 54.5 Å². The summed E-state index contributed by atoms with van der Waals surface area (Å²) in [5, 5.41) is 11.1. The molecule has 0 radical (unpaired) electrons. The number of fused-ring (bicyclic) bond motifs is 5. The second kappa shape index (κ2) is 11.6. The highest BCUT2D eigenvalue weighted by atomic mass is 79.9. The zero-order valence-corrected chi connectivity index (χ0v) is 29.1. The van der Waals surface area contributed by atoms with Gasteiger partial charge in [-0.2, -0.15) is 0 Å². The van der Waals surface area contributed by atoms with Crippen LogP contribution >= 0.6 is 15.9 Å². The third-order valence-electron chi connectivity index (χ3n) is 10.5. The van der Waals surface area contributed by atoms with E-state index in [1.54, 1.807) is 45.2 Å². The largest absolute Gasteiger partial charge is 0.508 e. The molecule has 0 unspecified atom stereocenters. The number of hydrogen-bond donors (Lipinski definition) is 1. The van der Waals surface area contributed by atoms with E-state index in [9.17, 15) is 29.1 Å². The average Bonchev–Trinajstić information content (AvgIpc) is 3.33. The number of ether oxygens (including phenoxy) is 2. The number of rotatable bonds is 6. The molecule has 0 saturated heterocycles. The molecule has 2 aromatic heterocycles. The maximum atomic E-state index is 14.2. The second-order valence-corrected chi connectivity index (χ2v) is 13.9. The quantitative estimate of drug-likeness (QED) is 0.294. The number of ketones is 2. The van der Waals surface area contributed by atoms with Crippen molar-refractivity contribution in [3.05, 3.63) is 101 Å². The van der Waals surface area contributed by atoms with Crippen LogP contribution in [0.4, 0.5) is 0 Å². The summed E-state index contributed by atoms with van der Waals surface area (Å²) < 4.78 is 16.7. The van der Waals surface area contributed by atoms with Gasteiger partial charge in [0.1, 0.15) is 11.4 Å². The van der Waals surface area contributed by atoms with Crippen LogP contribution in [0, 0.1) is 11.3 Å². The summed E-state index contributed by atoms with van der Waals surface area (Å²) in [4.78, 5) is 73.4. The van der Waals surface area contributed by atoms with Gasteiger partial charge in [0.2, 0.25) is 0 Å². The number of allylic oxidation sites excluding steroid dienone is 4. The molecule has 14 heteroatoms. The van der Waals surface area contributed by atoms with Crippen molar-refractivity contribution in [1.29, 1.82) is 0 Å². The lowest BCUT2D eigenvalue weighted by Gasteiger charge is -2.52. The summed E-state index contributed by atoms with van der Waals surface area (Å²) in [6.45, 7) is 3.29. The lowest BCUT2D eigenvalue weighted by Crippen LogP contribution is -2.54. The van der Waals surface area contributed by atoms with Gasteiger partial charge in [0.25, 0.3) is 5.56 Å². The van der Waals surface area contributed by atoms with Crippen molar-refractivity contribution in [2.45, 2.75) is 51.7 Å². The van der Waals surface area contributed by atoms with Crippen LogP contribution in [0.3, 0.4) is 0 Å². The summed E-state index contributed by atoms with van der Waals surface area (Å²) in [5.41, 5.74) is -0.163. The highest BCUT2D eigenvalue weighted by Gasteiger charge is 2.60. The number of hydrogen-bond acceptors (Lipinski definition) is 9. The number of phenolic OH excluding ortho intramolecular Hbond substituents is 1. The van der Waals surface area contributed by atoms with E-state index in [1.807, 2.05) is 6.08 Å². The number of methoxy groups -OCH3 is 2. The third kappa shape index (κ3) is 4.71. The number of phenols is 1. The molecule has 1 N–H and O–H groups in total. The molecule has 7 rings (SSSR count). The highest BCUT2D eigenvalue weighted by molar-refractivity contribution is 9.10. The van der Waals surface area contributed by atoms with E-state index in [0.717, 1.165) is 4.57 Å². The Balaban J connectivity index is 1.31. The Labute approximate surface area is 287 Å². The van der Waals surface area contributed by atoms with Gasteiger partial charge in [-0.3, -0.25) is 14.4 Å². The van der Waals surface area contributed by atoms with Crippen LogP contribution in [0.5, 0.6) is 17.2 Å². The van der Waals surface area contributed by atoms with Gasteiger partial charge in [0, 0.05) is 54.0 Å². The fourth-order valence-electron chi connectivity index (χ4n) is 8.09. The summed E-state index contributed by atoms with van der Waals surface area (Å²) in [7, 11) is 4.60. The molecule has 1 aliphatic heterocycles. The van der Waals surface area contributed by atoms with Crippen LogP contribution in [-0.2, 0) is 36.1 Å². The molecular formula is C35H34BrN5O8. The van der Waals surface area contributed by atoms with Crippen molar-refractivity contribution in [2.24, 2.45) is 18.4 Å². The third-order valence-corrected chi connectivity index (χ3v) is 11.0. The molecule has 0 amide bonds. The van der Waals surface area contributed by atoms with E-state index in [1.165, 1.54) is 40.3 Å². The lowest BCUT2D eigenvalue weighted by molar-refractivity contribution is -0.139. The summed E-state index contributed by atoms with van der Waals surface area (Å²) in [6.07, 6.45) is 3.29. The molecule has 254 valence electrons. The minimum Gasteiger partial charge on any atom is -0.508 e. The first-order valence-corrected chi connectivity index (χ1v) is 16.6. The molecule has 4 atom stereocenters. The first kappa shape index (κ1) is 32.6. The molecule has 2 aliphatic carbocycles. The molecule has 0 spiro atoms. The number of aryl methyl sites for hydroxylation is 2. The van der Waals surface area contributed by atoms with Gasteiger partial charge in [-0.25, -0.2) is 28.5 Å². The van der Waals surface area contributed by atoms with Crippen molar-refractivity contribution in [3.8, 4) is 17.2 Å². The number of benzene rings is 2. The van der Waals surface area contributed by atoms with Gasteiger partial charge < -0.3 is 19.1 Å². The van der Waals surface area contributed by atoms with Crippen LogP contribution in [0.15, 0.2) is 72.5 Å². The van der Waals surface area contributed by atoms with Gasteiger partial charge in [0.05, 0.1) is 43.3 Å². The van der Waals surface area contributed by atoms with E-state index in [2.05, 4.69) is 20.9 Å². The second-order valence-electron chi connectivity index (χ2n) is 13.0. The zero-order valence-electron chi connectivity index (χ0n) is 27.5. The Kier molecular flexibility index (Phi) is 7.69. The van der Waals surface area contributed by atoms with Gasteiger partial charge in [-0.1, -0.05) is 28.9 Å². The molecular weight excluding hydrogens is 698 g/mol. The predicted octanol–water partition coefficient (Wildman–Crippen LogP) is 3.18. The normalized spacial score (nSPS) is 23.0. The molecule has 2 aromatic carbocycles. The van der Waals surface area contributed by atoms with Crippen LogP contribution in [0.2, 0.25) is 0 Å². The minimum atomic E-state index is -1.24. The topological polar surface area (TPSA) is 157 Å². The van der Waals surface area contributed by atoms with E-state index < -0.39 is 34.7 Å². The van der Waals surface area contributed by atoms with Crippen LogP contribution in [-0.4, -0.2) is 54.4 Å². The Morgan fingerprint density at radius 3 is 2.47 bits per heavy atom. The van der Waals surface area contributed by atoms with Gasteiger partial charge in [-0.15, -0.1) is 0 Å². The van der Waals surface area contributed by atoms with Crippen molar-refractivity contribution in [1.82, 2.24) is 23.5 Å². The van der Waals surface area contributed by atoms with Crippen LogP contribution < -0.4 is 26.4 Å². The molecule has 3 aliphatic rings. The maximum Gasteiger partial charge on any atom is 0.347 e. The molecule has 1 saturated carbocycles. The number of nitrogens with zero attached hydrogens (tertiary/aromatic N) is 5. The van der Waals surface area contributed by atoms with Gasteiger partial charge >= 0.3 is 11.4 Å². The van der Waals surface area contributed by atoms with E-state index >= 15 is 0 Å². The van der Waals surface area contributed by atoms with Crippen LogP contribution in [0.1, 0.15) is 43.5 Å². The lowest BCUT2D eigenvalue weighted by atomic mass is 9.51. The smallest absolute Gasteiger partial charge is 0.347 e. The fourth-order valence-corrected chi connectivity index (χ4v) is 8.47. The first-order chi connectivity index (χ1) is 23.3. The molecule has 4 aromatic rings. The highest BCUT2D eigenvalue weighted by Crippen LogP contribution is 2.60. The number of halogens is 1. The van der Waals surface area contributed by atoms with Crippen molar-refractivity contribution in [3.63, 3.8) is 0 Å². The number of aromatic nitrogens is 5. The minimum absolute atomic E-state index is 0.00658. The Morgan fingerprint density at radius 2 is 1.76 bits per heavy atom. The zero-order chi connectivity index (χ0) is 35.1. The Hall–Kier alpha value is -4.98. The number of carbonyl (C=O) groups excluding carboxylic acids is 2. The standard InChI is InChI=1S/C35H34BrN5O8/c1-17-12-27(43)21-14-24-19(30(35(21,2)31(17)44)20-13-18(36)6-7-26(20)42)8-11-40-33(46)39(34(47)41(24)40)10-9-22-32(45)38(3)25-16-29(49-5)28(48-4)15-23(25)37-22/h6-8,12-13,15-16,21,24,30,42H,9-11,14H2,1-5H3/t21-,24+,30+,35+/m0/s1. The Morgan fingerprint density at radius 1 is 1.04 bits per heavy atom. The summed E-state index contributed by atoms with van der Waals surface area (Å²) >= 11 is 3.48.